The molecule has 0 saturated heterocycles. The molecule has 0 aliphatic carbocycles. The SMILES string of the molecule is C[N+](C)(C)CC(O)=[P+]([O-])c1ccc([N+](=O)[O-])cc1. The first kappa shape index (κ1) is 14.7. The Balaban J connectivity index is 2.99. The number of hydrogen-bond acceptors (Lipinski definition) is 3. The number of hydrogen-bond donors (Lipinski definition) is 1. The Kier molecular flexibility index (Phi) is 4.53. The van der Waals surface area contributed by atoms with E-state index in [1.165, 1.54) is 24.3 Å². The number of nitro benzene ring substituents is 1. The molecule has 0 amide bonds. The van der Waals surface area contributed by atoms with Crippen LogP contribution in [0.1, 0.15) is 0 Å². The van der Waals surface area contributed by atoms with Gasteiger partial charge in [0.15, 0.2) is 6.54 Å². The van der Waals surface area contributed by atoms with Gasteiger partial charge in [0.25, 0.3) is 11.2 Å². The van der Waals surface area contributed by atoms with Crippen LogP contribution in [-0.2, 0) is 0 Å². The smallest absolute Gasteiger partial charge is 0.279 e. The van der Waals surface area contributed by atoms with Crippen molar-refractivity contribution >= 4 is 24.2 Å². The molecule has 0 radical (unpaired) electrons. The van der Waals surface area contributed by atoms with Gasteiger partial charge in [-0.2, -0.15) is 0 Å². The summed E-state index contributed by atoms with van der Waals surface area (Å²) in [6.45, 7) is 0.270. The third-order valence-electron chi connectivity index (χ3n) is 2.15. The van der Waals surface area contributed by atoms with Crippen LogP contribution in [0.5, 0.6) is 0 Å². The fraction of sp³-hybridized carbons (Fsp3) is 0.364. The Morgan fingerprint density at radius 2 is 1.83 bits per heavy atom. The van der Waals surface area contributed by atoms with Crippen LogP contribution < -0.4 is 10.2 Å². The number of rotatable bonds is 4. The number of likely N-dealkylation sites (N-methyl/N-ethyl adjacent to an activating group) is 1. The maximum Gasteiger partial charge on any atom is 0.279 e. The molecule has 0 aliphatic rings. The zero-order valence-electron chi connectivity index (χ0n) is 10.5. The molecule has 1 aromatic carbocycles. The van der Waals surface area contributed by atoms with Gasteiger partial charge >= 0.3 is 0 Å². The molecule has 7 heteroatoms. The van der Waals surface area contributed by atoms with E-state index in [0.29, 0.717) is 9.79 Å². The van der Waals surface area contributed by atoms with E-state index in [-0.39, 0.29) is 17.7 Å². The van der Waals surface area contributed by atoms with Gasteiger partial charge in [-0.25, -0.2) is 0 Å². The Labute approximate surface area is 106 Å². The fourth-order valence-corrected chi connectivity index (χ4v) is 2.62. The van der Waals surface area contributed by atoms with Crippen LogP contribution in [0.4, 0.5) is 5.69 Å². The van der Waals surface area contributed by atoms with E-state index in [2.05, 4.69) is 0 Å². The van der Waals surface area contributed by atoms with Crippen molar-refractivity contribution in [2.45, 2.75) is 0 Å². The molecule has 18 heavy (non-hydrogen) atoms. The van der Waals surface area contributed by atoms with Crippen LogP contribution >= 0.6 is 7.77 Å². The van der Waals surface area contributed by atoms with Gasteiger partial charge < -0.3 is 14.5 Å². The Morgan fingerprint density at radius 1 is 1.33 bits per heavy atom. The first-order valence-electron chi connectivity index (χ1n) is 5.27. The van der Waals surface area contributed by atoms with Crippen molar-refractivity contribution in [3.05, 3.63) is 34.4 Å². The lowest BCUT2D eigenvalue weighted by atomic mass is 10.3. The molecule has 0 bridgehead atoms. The quantitative estimate of drug-likeness (QED) is 0.366. The highest BCUT2D eigenvalue weighted by Crippen LogP contribution is 2.17. The Morgan fingerprint density at radius 3 is 2.22 bits per heavy atom. The van der Waals surface area contributed by atoms with Crippen molar-refractivity contribution in [1.29, 1.82) is 0 Å². The summed E-state index contributed by atoms with van der Waals surface area (Å²) in [6.07, 6.45) is 0. The number of aliphatic hydroxyl groups is 1. The fourth-order valence-electron chi connectivity index (χ4n) is 1.35. The number of nitrogens with zero attached hydrogens (tertiary/aromatic N) is 2. The highest BCUT2D eigenvalue weighted by molar-refractivity contribution is 7.59. The molecular weight excluding hydrogens is 255 g/mol. The van der Waals surface area contributed by atoms with Crippen LogP contribution in [0.15, 0.2) is 24.3 Å². The highest BCUT2D eigenvalue weighted by atomic mass is 31.1. The minimum absolute atomic E-state index is 0.0618. The second-order valence-corrected chi connectivity index (χ2v) is 6.55. The van der Waals surface area contributed by atoms with Crippen LogP contribution in [-0.4, -0.2) is 47.7 Å². The third-order valence-corrected chi connectivity index (χ3v) is 3.52. The van der Waals surface area contributed by atoms with Crippen LogP contribution in [0.25, 0.3) is 0 Å². The zero-order chi connectivity index (χ0) is 13.9. The maximum absolute atomic E-state index is 12.0. The predicted octanol–water partition coefficient (Wildman–Crippen LogP) is 0.186. The molecule has 0 spiro atoms. The molecule has 0 heterocycles. The predicted molar refractivity (Wildman–Crippen MR) is 69.5 cm³/mol. The highest BCUT2D eigenvalue weighted by Gasteiger charge is 2.19. The summed E-state index contributed by atoms with van der Waals surface area (Å²) in [5.41, 5.74) is -0.167. The van der Waals surface area contributed by atoms with Crippen molar-refractivity contribution in [2.24, 2.45) is 0 Å². The largest absolute Gasteiger partial charge is 0.624 e. The summed E-state index contributed by atoms with van der Waals surface area (Å²) >= 11 is 0. The minimum Gasteiger partial charge on any atom is -0.624 e. The van der Waals surface area contributed by atoms with Crippen molar-refractivity contribution < 1.29 is 19.4 Å². The first-order valence-corrected chi connectivity index (χ1v) is 6.53. The number of quaternary nitrogens is 1. The lowest BCUT2D eigenvalue weighted by Crippen LogP contribution is -2.40. The summed E-state index contributed by atoms with van der Waals surface area (Å²) in [6, 6.07) is 5.37. The third kappa shape index (κ3) is 4.16. The first-order chi connectivity index (χ1) is 8.20. The molecule has 0 fully saturated rings. The molecule has 1 unspecified atom stereocenters. The van der Waals surface area contributed by atoms with Crippen LogP contribution in [0, 0.1) is 10.1 Å². The van der Waals surface area contributed by atoms with Gasteiger partial charge in [-0.3, -0.25) is 10.1 Å². The number of aliphatic hydroxyl groups excluding tert-OH is 1. The molecule has 6 nitrogen and oxygen atoms in total. The molecule has 0 saturated carbocycles. The Bertz CT molecular complexity index is 477. The van der Waals surface area contributed by atoms with Gasteiger partial charge in [-0.05, 0) is 12.1 Å². The summed E-state index contributed by atoms with van der Waals surface area (Å²) in [5, 5.41) is 20.6. The molecule has 1 aromatic rings. The second kappa shape index (κ2) is 5.54. The lowest BCUT2D eigenvalue weighted by molar-refractivity contribution is -0.861. The van der Waals surface area contributed by atoms with Gasteiger partial charge in [-0.1, -0.05) is 0 Å². The standard InChI is InChI=1S/C11H15N2O4P/c1-13(2,3)8-11(14)18(17)10-6-4-9(5-7-10)12(15)16/h4-7H,8H2,1-3H3/p+1. The average molecular weight is 271 g/mol. The summed E-state index contributed by atoms with van der Waals surface area (Å²) in [5.74, 6) is 0. The van der Waals surface area contributed by atoms with Crippen molar-refractivity contribution in [2.75, 3.05) is 27.7 Å². The van der Waals surface area contributed by atoms with Gasteiger partial charge in [0, 0.05) is 12.1 Å². The number of non-ortho nitro benzene ring substituents is 1. The zero-order valence-corrected chi connectivity index (χ0v) is 11.4. The van der Waals surface area contributed by atoms with E-state index in [0.717, 1.165) is 0 Å². The number of nitro groups is 1. The maximum atomic E-state index is 12.0. The Hall–Kier alpha value is -1.33. The van der Waals surface area contributed by atoms with Crippen LogP contribution in [0.2, 0.25) is 0 Å². The van der Waals surface area contributed by atoms with Crippen molar-refractivity contribution in [3.8, 4) is 0 Å². The molecule has 1 N–H and O–H groups in total. The van der Waals surface area contributed by atoms with E-state index in [1.54, 1.807) is 0 Å². The van der Waals surface area contributed by atoms with Gasteiger partial charge in [-0.15, -0.1) is 0 Å². The molecule has 1 rings (SSSR count). The average Bonchev–Trinajstić information content (AvgIpc) is 2.26. The minimum atomic E-state index is -2.05. The number of benzene rings is 1. The lowest BCUT2D eigenvalue weighted by Gasteiger charge is -2.22. The summed E-state index contributed by atoms with van der Waals surface area (Å²) in [7, 11) is 3.56. The van der Waals surface area contributed by atoms with Crippen molar-refractivity contribution in [3.63, 3.8) is 0 Å². The molecule has 1 atom stereocenters. The van der Waals surface area contributed by atoms with Gasteiger partial charge in [0.1, 0.15) is 13.1 Å². The van der Waals surface area contributed by atoms with Crippen LogP contribution in [0.3, 0.4) is 0 Å². The van der Waals surface area contributed by atoms with E-state index in [4.69, 9.17) is 0 Å². The second-order valence-electron chi connectivity index (χ2n) is 4.93. The van der Waals surface area contributed by atoms with E-state index in [9.17, 15) is 20.1 Å². The molecule has 98 valence electrons. The topological polar surface area (TPSA) is 86.4 Å². The van der Waals surface area contributed by atoms with E-state index >= 15 is 0 Å². The molecule has 0 aromatic heterocycles. The molecule has 0 aliphatic heterocycles. The van der Waals surface area contributed by atoms with E-state index < -0.39 is 12.7 Å². The van der Waals surface area contributed by atoms with E-state index in [1.807, 2.05) is 21.1 Å². The normalized spacial score (nSPS) is 13.2. The van der Waals surface area contributed by atoms with Gasteiger partial charge in [0.05, 0.1) is 26.1 Å². The van der Waals surface area contributed by atoms with Gasteiger partial charge in [0.2, 0.25) is 0 Å². The monoisotopic (exact) mass is 271 g/mol. The summed E-state index contributed by atoms with van der Waals surface area (Å²) < 4.78 is 0.458. The summed E-state index contributed by atoms with van der Waals surface area (Å²) in [4.78, 5) is 21.9. The molecular formula is C11H16N2O4P+. The van der Waals surface area contributed by atoms with Crippen molar-refractivity contribution in [1.82, 2.24) is 0 Å².